The molecule has 0 saturated heterocycles. The zero-order valence-electron chi connectivity index (χ0n) is 15.6. The van der Waals surface area contributed by atoms with Crippen LogP contribution in [0.1, 0.15) is 40.6 Å². The normalized spacial score (nSPS) is 17.3. The summed E-state index contributed by atoms with van der Waals surface area (Å²) in [6.07, 6.45) is -0.0527. The number of nitrogens with one attached hydrogen (secondary N) is 2. The second-order valence-electron chi connectivity index (χ2n) is 7.17. The summed E-state index contributed by atoms with van der Waals surface area (Å²) >= 11 is 0. The fraction of sp³-hybridized carbons (Fsp3) is 0.273. The van der Waals surface area contributed by atoms with Crippen LogP contribution in [0.4, 0.5) is 0 Å². The first-order valence-corrected chi connectivity index (χ1v) is 9.35. The van der Waals surface area contributed by atoms with Gasteiger partial charge in [0.25, 0.3) is 5.91 Å². The molecule has 1 aliphatic heterocycles. The summed E-state index contributed by atoms with van der Waals surface area (Å²) in [5, 5.41) is 11.2. The number of amides is 1. The zero-order valence-corrected chi connectivity index (χ0v) is 15.6. The third kappa shape index (κ3) is 3.64. The van der Waals surface area contributed by atoms with Crippen LogP contribution < -0.4 is 10.6 Å². The summed E-state index contributed by atoms with van der Waals surface area (Å²) in [7, 11) is 0. The van der Waals surface area contributed by atoms with Crippen LogP contribution in [0.25, 0.3) is 11.3 Å². The molecule has 0 radical (unpaired) electrons. The van der Waals surface area contributed by atoms with Crippen molar-refractivity contribution in [2.75, 3.05) is 13.1 Å². The Morgan fingerprint density at radius 3 is 2.67 bits per heavy atom. The minimum Gasteiger partial charge on any atom is -0.347 e. The highest BCUT2D eigenvalue weighted by Gasteiger charge is 2.27. The van der Waals surface area contributed by atoms with E-state index >= 15 is 0 Å². The van der Waals surface area contributed by atoms with Crippen molar-refractivity contribution < 1.29 is 4.79 Å². The van der Waals surface area contributed by atoms with Crippen molar-refractivity contribution in [3.8, 4) is 11.3 Å². The van der Waals surface area contributed by atoms with E-state index in [9.17, 15) is 4.79 Å². The molecule has 0 spiro atoms. The summed E-state index contributed by atoms with van der Waals surface area (Å²) in [4.78, 5) is 12.3. The largest absolute Gasteiger partial charge is 0.347 e. The molecule has 0 aliphatic carbocycles. The second-order valence-corrected chi connectivity index (χ2v) is 7.17. The Morgan fingerprint density at radius 1 is 1.19 bits per heavy atom. The number of aryl methyl sites for hydroxylation is 1. The molecule has 5 nitrogen and oxygen atoms in total. The highest BCUT2D eigenvalue weighted by molar-refractivity contribution is 5.94. The molecule has 1 amide bonds. The van der Waals surface area contributed by atoms with Crippen LogP contribution in [0.3, 0.4) is 0 Å². The summed E-state index contributed by atoms with van der Waals surface area (Å²) < 4.78 is 1.83. The summed E-state index contributed by atoms with van der Waals surface area (Å²) in [6, 6.07) is 20.5. The van der Waals surface area contributed by atoms with E-state index < -0.39 is 0 Å². The lowest BCUT2D eigenvalue weighted by molar-refractivity contribution is 0.0900. The molecule has 2 atom stereocenters. The molecule has 5 heteroatoms. The fourth-order valence-electron chi connectivity index (χ4n) is 3.40. The van der Waals surface area contributed by atoms with Gasteiger partial charge >= 0.3 is 0 Å². The van der Waals surface area contributed by atoms with Gasteiger partial charge in [-0.05, 0) is 24.5 Å². The number of hydrogen-bond acceptors (Lipinski definition) is 3. The Bertz CT molecular complexity index is 931. The highest BCUT2D eigenvalue weighted by atomic mass is 16.2. The summed E-state index contributed by atoms with van der Waals surface area (Å²) in [5.74, 6) is 0.300. The van der Waals surface area contributed by atoms with E-state index in [-0.39, 0.29) is 12.1 Å². The maximum absolute atomic E-state index is 12.3. The Hall–Kier alpha value is -2.92. The molecule has 27 heavy (non-hydrogen) atoms. The topological polar surface area (TPSA) is 59.0 Å². The molecular formula is C22H24N4O. The van der Waals surface area contributed by atoms with Gasteiger partial charge in [0.2, 0.25) is 0 Å². The average Bonchev–Trinajstić information content (AvgIpc) is 3.15. The Labute approximate surface area is 159 Å². The lowest BCUT2D eigenvalue weighted by atomic mass is 10.0. The number of aromatic nitrogens is 2. The smallest absolute Gasteiger partial charge is 0.269 e. The number of nitrogens with zero attached hydrogens (tertiary/aromatic N) is 2. The molecule has 0 unspecified atom stereocenters. The van der Waals surface area contributed by atoms with E-state index in [0.29, 0.717) is 18.2 Å². The van der Waals surface area contributed by atoms with Gasteiger partial charge in [0.05, 0.1) is 12.2 Å². The molecule has 0 fully saturated rings. The van der Waals surface area contributed by atoms with Gasteiger partial charge in [0.15, 0.2) is 0 Å². The van der Waals surface area contributed by atoms with E-state index in [2.05, 4.69) is 60.9 Å². The molecule has 2 aromatic carbocycles. The van der Waals surface area contributed by atoms with Crippen molar-refractivity contribution in [3.63, 3.8) is 0 Å². The number of benzene rings is 2. The van der Waals surface area contributed by atoms with Crippen LogP contribution in [-0.4, -0.2) is 28.8 Å². The monoisotopic (exact) mass is 360 g/mol. The lowest BCUT2D eigenvalue weighted by Crippen LogP contribution is -2.46. The Morgan fingerprint density at radius 2 is 1.93 bits per heavy atom. The second kappa shape index (κ2) is 7.37. The summed E-state index contributed by atoms with van der Waals surface area (Å²) in [6.45, 7) is 5.60. The van der Waals surface area contributed by atoms with Crippen molar-refractivity contribution >= 4 is 5.91 Å². The van der Waals surface area contributed by atoms with Crippen LogP contribution in [0.5, 0.6) is 0 Å². The van der Waals surface area contributed by atoms with Crippen molar-refractivity contribution in [3.05, 3.63) is 77.5 Å². The van der Waals surface area contributed by atoms with E-state index in [1.165, 1.54) is 11.1 Å². The first kappa shape index (κ1) is 17.5. The Kier molecular flexibility index (Phi) is 4.77. The first-order valence-electron chi connectivity index (χ1n) is 9.35. The molecule has 138 valence electrons. The average molecular weight is 360 g/mol. The Balaban J connectivity index is 1.54. The van der Waals surface area contributed by atoms with E-state index in [1.807, 2.05) is 28.9 Å². The predicted molar refractivity (Wildman–Crippen MR) is 107 cm³/mol. The van der Waals surface area contributed by atoms with Crippen LogP contribution in [-0.2, 0) is 0 Å². The van der Waals surface area contributed by atoms with Crippen molar-refractivity contribution in [1.29, 1.82) is 0 Å². The lowest BCUT2D eigenvalue weighted by Gasteiger charge is -2.27. The number of carbonyl (C=O) groups is 1. The van der Waals surface area contributed by atoms with Gasteiger partial charge in [0.1, 0.15) is 11.9 Å². The maximum Gasteiger partial charge on any atom is 0.269 e. The van der Waals surface area contributed by atoms with E-state index in [0.717, 1.165) is 17.8 Å². The van der Waals surface area contributed by atoms with Crippen LogP contribution in [0, 0.1) is 6.92 Å². The van der Waals surface area contributed by atoms with Crippen LogP contribution in [0.15, 0.2) is 60.7 Å². The quantitative estimate of drug-likeness (QED) is 0.732. The molecule has 1 aliphatic rings. The SMILES string of the molecule is Cc1ccc(-c2cc3n(n2)[C@@H](NC[C@@H](C)c2ccccc2)CNC3=O)cc1. The van der Waals surface area contributed by atoms with Gasteiger partial charge in [-0.15, -0.1) is 0 Å². The van der Waals surface area contributed by atoms with Crippen molar-refractivity contribution in [1.82, 2.24) is 20.4 Å². The highest BCUT2D eigenvalue weighted by Crippen LogP contribution is 2.23. The van der Waals surface area contributed by atoms with Gasteiger partial charge in [-0.1, -0.05) is 67.1 Å². The molecule has 2 heterocycles. The van der Waals surface area contributed by atoms with Crippen molar-refractivity contribution in [2.45, 2.75) is 25.9 Å². The van der Waals surface area contributed by atoms with E-state index in [1.54, 1.807) is 0 Å². The van der Waals surface area contributed by atoms with Gasteiger partial charge < -0.3 is 5.32 Å². The molecule has 4 rings (SSSR count). The molecular weight excluding hydrogens is 336 g/mol. The number of hydrogen-bond donors (Lipinski definition) is 2. The fourth-order valence-corrected chi connectivity index (χ4v) is 3.40. The minimum atomic E-state index is -0.0741. The number of carbonyl (C=O) groups excluding carboxylic acids is 1. The third-order valence-corrected chi connectivity index (χ3v) is 5.10. The standard InChI is InChI=1S/C22H24N4O/c1-15-8-10-18(11-9-15)19-12-20-22(27)24-14-21(26(20)25-19)23-13-16(2)17-6-4-3-5-7-17/h3-12,16,21,23H,13-14H2,1-2H3,(H,24,27)/t16-,21-/m1/s1. The van der Waals surface area contributed by atoms with Gasteiger partial charge in [-0.3, -0.25) is 10.1 Å². The van der Waals surface area contributed by atoms with Crippen LogP contribution in [0.2, 0.25) is 0 Å². The first-order chi connectivity index (χ1) is 13.1. The maximum atomic E-state index is 12.3. The predicted octanol–water partition coefficient (Wildman–Crippen LogP) is 3.49. The molecule has 1 aromatic heterocycles. The van der Waals surface area contributed by atoms with Crippen LogP contribution >= 0.6 is 0 Å². The van der Waals surface area contributed by atoms with Gasteiger partial charge in [0, 0.05) is 12.1 Å². The van der Waals surface area contributed by atoms with E-state index in [4.69, 9.17) is 5.10 Å². The molecule has 3 aromatic rings. The number of rotatable bonds is 5. The third-order valence-electron chi connectivity index (χ3n) is 5.10. The minimum absolute atomic E-state index is 0.0527. The summed E-state index contributed by atoms with van der Waals surface area (Å²) in [5.41, 5.74) is 4.94. The van der Waals surface area contributed by atoms with Gasteiger partial charge in [-0.25, -0.2) is 4.68 Å². The molecule has 0 bridgehead atoms. The van der Waals surface area contributed by atoms with Crippen molar-refractivity contribution in [2.24, 2.45) is 0 Å². The zero-order chi connectivity index (χ0) is 18.8. The molecule has 0 saturated carbocycles. The van der Waals surface area contributed by atoms with Gasteiger partial charge in [-0.2, -0.15) is 5.10 Å². The number of fused-ring (bicyclic) bond motifs is 1. The molecule has 2 N–H and O–H groups in total.